The quantitative estimate of drug-likeness (QED) is 0.542. The first-order valence-corrected chi connectivity index (χ1v) is 4.51. The van der Waals surface area contributed by atoms with Crippen molar-refractivity contribution in [3.8, 4) is 0 Å². The molecule has 0 aliphatic heterocycles. The van der Waals surface area contributed by atoms with Crippen LogP contribution in [0.2, 0.25) is 0 Å². The van der Waals surface area contributed by atoms with Gasteiger partial charge in [-0.3, -0.25) is 0 Å². The zero-order valence-electron chi connectivity index (χ0n) is 8.89. The van der Waals surface area contributed by atoms with E-state index in [1.165, 1.54) is 12.8 Å². The summed E-state index contributed by atoms with van der Waals surface area (Å²) >= 11 is 0. The first-order valence-electron chi connectivity index (χ1n) is 5.01. The van der Waals surface area contributed by atoms with Gasteiger partial charge in [0.15, 0.2) is 0 Å². The number of carbonyl (C=O) groups excluding carboxylic acids is 1. The molecular weight excluding hydrogens is 136 g/mol. The average Bonchev–Trinajstić information content (AvgIpc) is 1.84. The van der Waals surface area contributed by atoms with Gasteiger partial charge in [-0.25, -0.2) is 0 Å². The van der Waals surface area contributed by atoms with Crippen LogP contribution >= 0.6 is 0 Å². The smallest absolute Gasteiger partial charge is 0.120 e. The van der Waals surface area contributed by atoms with Gasteiger partial charge in [-0.2, -0.15) is 0 Å². The lowest BCUT2D eigenvalue weighted by molar-refractivity contribution is -0.108. The highest BCUT2D eigenvalue weighted by Crippen LogP contribution is 2.13. The summed E-state index contributed by atoms with van der Waals surface area (Å²) in [6.45, 7) is 6.47. The van der Waals surface area contributed by atoms with Gasteiger partial charge in [-0.1, -0.05) is 40.0 Å². The van der Waals surface area contributed by atoms with Crippen LogP contribution in [0.3, 0.4) is 0 Å². The van der Waals surface area contributed by atoms with Gasteiger partial charge < -0.3 is 4.79 Å². The molecule has 11 heavy (non-hydrogen) atoms. The van der Waals surface area contributed by atoms with Crippen molar-refractivity contribution in [1.29, 1.82) is 0 Å². The normalized spacial score (nSPS) is 14.7. The maximum absolute atomic E-state index is 10.4. The molecule has 0 aromatic rings. The van der Waals surface area contributed by atoms with Crippen molar-refractivity contribution in [2.45, 2.75) is 46.5 Å². The molecule has 0 saturated heterocycles. The first kappa shape index (κ1) is 8.76. The lowest BCUT2D eigenvalue weighted by atomic mass is 9.98. The maximum Gasteiger partial charge on any atom is 0.120 e. The third-order valence-electron chi connectivity index (χ3n) is 1.91. The zero-order valence-corrected chi connectivity index (χ0v) is 7.89. The third kappa shape index (κ3) is 7.57. The van der Waals surface area contributed by atoms with E-state index in [-0.39, 0.29) is 0 Å². The molecule has 1 nitrogen and oxygen atoms in total. The van der Waals surface area contributed by atoms with Crippen LogP contribution in [-0.4, -0.2) is 6.26 Å². The highest BCUT2D eigenvalue weighted by molar-refractivity contribution is 5.49. The van der Waals surface area contributed by atoms with Gasteiger partial charge in [-0.15, -0.1) is 0 Å². The van der Waals surface area contributed by atoms with Crippen LogP contribution in [0.4, 0.5) is 0 Å². The first-order chi connectivity index (χ1) is 5.52. The van der Waals surface area contributed by atoms with Crippen LogP contribution in [0, 0.1) is 11.8 Å². The van der Waals surface area contributed by atoms with Gasteiger partial charge in [0, 0.05) is 6.42 Å². The minimum absolute atomic E-state index is 0.397. The molecule has 66 valence electrons. The molecule has 0 saturated carbocycles. The number of aldehydes is 1. The van der Waals surface area contributed by atoms with Gasteiger partial charge in [0.05, 0.1) is 0 Å². The standard InChI is InChI=1S/C10H20O/c1-9(2)5-4-6-10(3)7-8-11/h8-10H,4-7H2,1-3H3/t10-/m1/s1/i8D. The molecule has 0 aliphatic carbocycles. The molecule has 0 aromatic carbocycles. The Morgan fingerprint density at radius 2 is 2.00 bits per heavy atom. The van der Waals surface area contributed by atoms with Gasteiger partial charge in [0.1, 0.15) is 7.63 Å². The van der Waals surface area contributed by atoms with E-state index in [9.17, 15) is 4.79 Å². The Morgan fingerprint density at radius 1 is 1.36 bits per heavy atom. The van der Waals surface area contributed by atoms with E-state index in [4.69, 9.17) is 1.37 Å². The summed E-state index contributed by atoms with van der Waals surface area (Å²) in [5, 5.41) is 0. The van der Waals surface area contributed by atoms with Crippen LogP contribution < -0.4 is 0 Å². The SMILES string of the molecule is [2H]C(=O)C[C@H](C)CCCC(C)C. The van der Waals surface area contributed by atoms with Gasteiger partial charge >= 0.3 is 0 Å². The third-order valence-corrected chi connectivity index (χ3v) is 1.91. The lowest BCUT2D eigenvalue weighted by Crippen LogP contribution is -1.96. The summed E-state index contributed by atoms with van der Waals surface area (Å²) in [6, 6.07) is 0. The molecule has 0 fully saturated rings. The largest absolute Gasteiger partial charge is 0.303 e. The highest BCUT2D eigenvalue weighted by atomic mass is 16.1. The lowest BCUT2D eigenvalue weighted by Gasteiger charge is -2.08. The van der Waals surface area contributed by atoms with Crippen LogP contribution in [0.5, 0.6) is 0 Å². The van der Waals surface area contributed by atoms with E-state index in [2.05, 4.69) is 13.8 Å². The maximum atomic E-state index is 10.4. The number of hydrogen-bond donors (Lipinski definition) is 0. The summed E-state index contributed by atoms with van der Waals surface area (Å²) in [6.07, 6.45) is 3.51. The van der Waals surface area contributed by atoms with E-state index >= 15 is 0 Å². The summed E-state index contributed by atoms with van der Waals surface area (Å²) in [5.41, 5.74) is 0. The predicted octanol–water partition coefficient (Wildman–Crippen LogP) is 3.04. The van der Waals surface area contributed by atoms with Crippen LogP contribution in [0.1, 0.15) is 47.8 Å². The summed E-state index contributed by atoms with van der Waals surface area (Å²) < 4.78 is 6.79. The molecular formula is C10H20O. The molecule has 1 atom stereocenters. The fraction of sp³-hybridized carbons (Fsp3) is 0.900. The second-order valence-electron chi connectivity index (χ2n) is 3.78. The van der Waals surface area contributed by atoms with Gasteiger partial charge in [0.2, 0.25) is 0 Å². The van der Waals surface area contributed by atoms with E-state index in [1.54, 1.807) is 0 Å². The molecule has 0 bridgehead atoms. The second-order valence-corrected chi connectivity index (χ2v) is 3.78. The van der Waals surface area contributed by atoms with Crippen molar-refractivity contribution in [3.63, 3.8) is 0 Å². The molecule has 0 amide bonds. The molecule has 0 unspecified atom stereocenters. The number of rotatable bonds is 6. The molecule has 0 spiro atoms. The number of hydrogen-bond acceptors (Lipinski definition) is 1. The molecule has 0 aromatic heterocycles. The minimum atomic E-state index is -0.424. The van der Waals surface area contributed by atoms with Crippen molar-refractivity contribution in [3.05, 3.63) is 0 Å². The monoisotopic (exact) mass is 157 g/mol. The highest BCUT2D eigenvalue weighted by Gasteiger charge is 2.01. The second kappa shape index (κ2) is 6.38. The van der Waals surface area contributed by atoms with Gasteiger partial charge in [-0.05, 0) is 11.8 Å². The summed E-state index contributed by atoms with van der Waals surface area (Å²) in [4.78, 5) is 10.4. The molecule has 0 heterocycles. The predicted molar refractivity (Wildman–Crippen MR) is 48.5 cm³/mol. The fourth-order valence-electron chi connectivity index (χ4n) is 1.12. The van der Waals surface area contributed by atoms with Crippen LogP contribution in [0.15, 0.2) is 0 Å². The summed E-state index contributed by atoms with van der Waals surface area (Å²) in [7, 11) is 0. The Labute approximate surface area is 71.6 Å². The Kier molecular flexibility index (Phi) is 5.09. The van der Waals surface area contributed by atoms with Gasteiger partial charge in [0.25, 0.3) is 0 Å². The topological polar surface area (TPSA) is 17.1 Å². The average molecular weight is 157 g/mol. The van der Waals surface area contributed by atoms with Crippen molar-refractivity contribution in [1.82, 2.24) is 0 Å². The summed E-state index contributed by atoms with van der Waals surface area (Å²) in [5.74, 6) is 1.15. The fourth-order valence-corrected chi connectivity index (χ4v) is 1.12. The van der Waals surface area contributed by atoms with E-state index < -0.39 is 6.26 Å². The van der Waals surface area contributed by atoms with E-state index in [0.717, 1.165) is 12.3 Å². The Bertz CT molecular complexity index is 132. The molecule has 0 N–H and O–H groups in total. The van der Waals surface area contributed by atoms with E-state index in [1.807, 2.05) is 6.92 Å². The van der Waals surface area contributed by atoms with Crippen molar-refractivity contribution >= 4 is 6.26 Å². The molecule has 1 heteroatoms. The number of carbonyl (C=O) groups is 1. The van der Waals surface area contributed by atoms with E-state index in [0.29, 0.717) is 12.3 Å². The molecule has 0 rings (SSSR count). The molecule has 0 aliphatic rings. The van der Waals surface area contributed by atoms with Crippen molar-refractivity contribution in [2.24, 2.45) is 11.8 Å². The molecule has 0 radical (unpaired) electrons. The van der Waals surface area contributed by atoms with Crippen LogP contribution in [-0.2, 0) is 4.79 Å². The Morgan fingerprint density at radius 3 is 2.45 bits per heavy atom. The Hall–Kier alpha value is -0.330. The minimum Gasteiger partial charge on any atom is -0.303 e. The van der Waals surface area contributed by atoms with Crippen molar-refractivity contribution < 1.29 is 6.17 Å². The van der Waals surface area contributed by atoms with Crippen molar-refractivity contribution in [2.75, 3.05) is 0 Å². The Balaban J connectivity index is 3.31. The van der Waals surface area contributed by atoms with Crippen LogP contribution in [0.25, 0.3) is 0 Å². The zero-order chi connectivity index (χ0) is 9.56.